The van der Waals surface area contributed by atoms with Crippen LogP contribution in [0.4, 0.5) is 0 Å². The van der Waals surface area contributed by atoms with Crippen LogP contribution in [-0.2, 0) is 11.2 Å². The molecule has 1 radical (unpaired) electrons. The van der Waals surface area contributed by atoms with Gasteiger partial charge in [0.1, 0.15) is 5.75 Å². The predicted octanol–water partition coefficient (Wildman–Crippen LogP) is 5.19. The third-order valence-electron chi connectivity index (χ3n) is 4.57. The lowest BCUT2D eigenvalue weighted by atomic mass is 9.80. The second-order valence-electron chi connectivity index (χ2n) is 6.11. The first-order valence-electron chi connectivity index (χ1n) is 8.50. The van der Waals surface area contributed by atoms with E-state index in [1.807, 2.05) is 6.07 Å². The molecule has 21 heavy (non-hydrogen) atoms. The number of aryl methyl sites for hydroxylation is 1. The maximum atomic E-state index is 10.8. The zero-order chi connectivity index (χ0) is 14.9. The van der Waals surface area contributed by atoms with Crippen LogP contribution in [0.5, 0.6) is 5.75 Å². The molecule has 0 bridgehead atoms. The van der Waals surface area contributed by atoms with E-state index in [2.05, 4.69) is 19.1 Å². The van der Waals surface area contributed by atoms with Gasteiger partial charge in [-0.1, -0.05) is 57.6 Å². The van der Waals surface area contributed by atoms with Crippen molar-refractivity contribution >= 4 is 6.47 Å². The number of benzene rings is 1. The van der Waals surface area contributed by atoms with Crippen LogP contribution in [0.25, 0.3) is 0 Å². The highest BCUT2D eigenvalue weighted by Crippen LogP contribution is 2.39. The molecule has 0 N–H and O–H groups in total. The summed E-state index contributed by atoms with van der Waals surface area (Å²) in [6.07, 6.45) is 12.5. The summed E-state index contributed by atoms with van der Waals surface area (Å²) in [5, 5.41) is 0. The minimum absolute atomic E-state index is 0.541. The molecule has 1 aromatic carbocycles. The van der Waals surface area contributed by atoms with Gasteiger partial charge in [-0.3, -0.25) is 4.79 Å². The molecule has 1 aliphatic carbocycles. The highest BCUT2D eigenvalue weighted by Gasteiger charge is 2.22. The zero-order valence-corrected chi connectivity index (χ0v) is 13.2. The first-order valence-corrected chi connectivity index (χ1v) is 8.50. The fourth-order valence-electron chi connectivity index (χ4n) is 3.48. The van der Waals surface area contributed by atoms with Crippen molar-refractivity contribution in [1.82, 2.24) is 0 Å². The van der Waals surface area contributed by atoms with Gasteiger partial charge in [0.25, 0.3) is 6.47 Å². The number of rotatable bonds is 8. The number of carbonyl (C=O) groups is 1. The molecule has 1 fully saturated rings. The highest BCUT2D eigenvalue weighted by atomic mass is 16.5. The molecule has 0 heterocycles. The van der Waals surface area contributed by atoms with E-state index in [1.54, 1.807) is 0 Å². The fourth-order valence-corrected chi connectivity index (χ4v) is 3.48. The van der Waals surface area contributed by atoms with Crippen LogP contribution in [0.1, 0.15) is 81.8 Å². The van der Waals surface area contributed by atoms with E-state index in [0.717, 1.165) is 6.42 Å². The van der Waals surface area contributed by atoms with Gasteiger partial charge in [0.15, 0.2) is 0 Å². The standard InChI is InChI=1S/C19H27O2/c1-2-3-4-6-10-17-13-9-14-18(21-15-20)19(17)16-11-7-5-8-12-16/h9,13,15-16H,2-8,10-12H2,1H3. The van der Waals surface area contributed by atoms with E-state index in [-0.39, 0.29) is 0 Å². The second kappa shape index (κ2) is 8.86. The van der Waals surface area contributed by atoms with Crippen LogP contribution in [0, 0.1) is 6.07 Å². The van der Waals surface area contributed by atoms with Crippen LogP contribution < -0.4 is 4.74 Å². The summed E-state index contributed by atoms with van der Waals surface area (Å²) in [4.78, 5) is 10.8. The number of ether oxygens (including phenoxy) is 1. The lowest BCUT2D eigenvalue weighted by Gasteiger charge is -2.26. The monoisotopic (exact) mass is 287 g/mol. The molecule has 0 saturated heterocycles. The van der Waals surface area contributed by atoms with Gasteiger partial charge >= 0.3 is 0 Å². The molecular weight excluding hydrogens is 260 g/mol. The van der Waals surface area contributed by atoms with Gasteiger partial charge in [-0.25, -0.2) is 0 Å². The van der Waals surface area contributed by atoms with E-state index >= 15 is 0 Å². The van der Waals surface area contributed by atoms with Gasteiger partial charge in [-0.05, 0) is 37.2 Å². The summed E-state index contributed by atoms with van der Waals surface area (Å²) in [6, 6.07) is 7.20. The third kappa shape index (κ3) is 4.59. The molecule has 115 valence electrons. The van der Waals surface area contributed by atoms with Crippen LogP contribution in [0.15, 0.2) is 12.1 Å². The van der Waals surface area contributed by atoms with E-state index in [1.165, 1.54) is 68.9 Å². The van der Waals surface area contributed by atoms with Crippen molar-refractivity contribution in [1.29, 1.82) is 0 Å². The Bertz CT molecular complexity index is 433. The fraction of sp³-hybridized carbons (Fsp3) is 0.632. The minimum atomic E-state index is 0.541. The summed E-state index contributed by atoms with van der Waals surface area (Å²) in [5.41, 5.74) is 2.63. The molecule has 2 heteroatoms. The quantitative estimate of drug-likeness (QED) is 0.485. The van der Waals surface area contributed by atoms with Gasteiger partial charge < -0.3 is 4.74 Å². The van der Waals surface area contributed by atoms with Crippen molar-refractivity contribution in [2.75, 3.05) is 0 Å². The number of unbranched alkanes of at least 4 members (excludes halogenated alkanes) is 3. The predicted molar refractivity (Wildman–Crippen MR) is 85.6 cm³/mol. The molecule has 2 nitrogen and oxygen atoms in total. The number of carbonyl (C=O) groups excluding carboxylic acids is 1. The summed E-state index contributed by atoms with van der Waals surface area (Å²) in [7, 11) is 0. The Labute approximate surface area is 128 Å². The Balaban J connectivity index is 2.16. The summed E-state index contributed by atoms with van der Waals surface area (Å²) in [6.45, 7) is 2.78. The van der Waals surface area contributed by atoms with E-state index in [4.69, 9.17) is 4.74 Å². The van der Waals surface area contributed by atoms with E-state index in [9.17, 15) is 4.79 Å². The third-order valence-corrected chi connectivity index (χ3v) is 4.57. The summed E-state index contributed by atoms with van der Waals surface area (Å²) in [5.74, 6) is 1.22. The minimum Gasteiger partial charge on any atom is -0.428 e. The van der Waals surface area contributed by atoms with Crippen molar-refractivity contribution < 1.29 is 9.53 Å². The van der Waals surface area contributed by atoms with Gasteiger partial charge in [-0.2, -0.15) is 0 Å². The summed E-state index contributed by atoms with van der Waals surface area (Å²) < 4.78 is 5.22. The Morgan fingerprint density at radius 2 is 2.05 bits per heavy atom. The normalized spacial score (nSPS) is 15.9. The second-order valence-corrected chi connectivity index (χ2v) is 6.11. The van der Waals surface area contributed by atoms with Crippen molar-refractivity contribution in [2.45, 2.75) is 77.0 Å². The average molecular weight is 287 g/mol. The molecule has 1 aromatic rings. The molecule has 0 aromatic heterocycles. The van der Waals surface area contributed by atoms with Gasteiger partial charge in [-0.15, -0.1) is 0 Å². The zero-order valence-electron chi connectivity index (χ0n) is 13.2. The van der Waals surface area contributed by atoms with E-state index < -0.39 is 0 Å². The molecule has 1 aliphatic rings. The Morgan fingerprint density at radius 1 is 1.24 bits per heavy atom. The molecule has 0 unspecified atom stereocenters. The molecule has 2 rings (SSSR count). The maximum absolute atomic E-state index is 10.8. The Morgan fingerprint density at radius 3 is 2.76 bits per heavy atom. The van der Waals surface area contributed by atoms with Crippen LogP contribution in [0.3, 0.4) is 0 Å². The molecule has 0 atom stereocenters. The average Bonchev–Trinajstić information content (AvgIpc) is 2.53. The first-order chi connectivity index (χ1) is 10.4. The molecular formula is C19H27O2. The number of hydrogen-bond donors (Lipinski definition) is 0. The lowest BCUT2D eigenvalue weighted by Crippen LogP contribution is -2.10. The molecule has 0 spiro atoms. The summed E-state index contributed by atoms with van der Waals surface area (Å²) >= 11 is 0. The van der Waals surface area contributed by atoms with Gasteiger partial charge in [0.05, 0.1) is 0 Å². The lowest BCUT2D eigenvalue weighted by molar-refractivity contribution is -0.120. The van der Waals surface area contributed by atoms with E-state index in [0.29, 0.717) is 18.1 Å². The number of hydrogen-bond acceptors (Lipinski definition) is 2. The first kappa shape index (κ1) is 16.1. The van der Waals surface area contributed by atoms with Crippen molar-refractivity contribution in [3.05, 3.63) is 29.3 Å². The Hall–Kier alpha value is -1.31. The molecule has 0 aliphatic heterocycles. The van der Waals surface area contributed by atoms with Crippen molar-refractivity contribution in [3.8, 4) is 5.75 Å². The maximum Gasteiger partial charge on any atom is 0.298 e. The van der Waals surface area contributed by atoms with Crippen LogP contribution >= 0.6 is 0 Å². The highest BCUT2D eigenvalue weighted by molar-refractivity contribution is 5.51. The van der Waals surface area contributed by atoms with Crippen LogP contribution in [-0.4, -0.2) is 6.47 Å². The molecule has 1 saturated carbocycles. The molecule has 0 amide bonds. The smallest absolute Gasteiger partial charge is 0.298 e. The Kier molecular flexibility index (Phi) is 6.78. The largest absolute Gasteiger partial charge is 0.428 e. The van der Waals surface area contributed by atoms with Gasteiger partial charge in [0, 0.05) is 11.6 Å². The topological polar surface area (TPSA) is 26.3 Å². The van der Waals surface area contributed by atoms with Crippen LogP contribution in [0.2, 0.25) is 0 Å². The van der Waals surface area contributed by atoms with Crippen molar-refractivity contribution in [2.24, 2.45) is 0 Å². The van der Waals surface area contributed by atoms with Crippen molar-refractivity contribution in [3.63, 3.8) is 0 Å². The SMILES string of the molecule is CCCCCCc1cc[c]c(OC=O)c1C1CCCCC1. The van der Waals surface area contributed by atoms with Gasteiger partial charge in [0.2, 0.25) is 0 Å².